The van der Waals surface area contributed by atoms with E-state index in [0.29, 0.717) is 11.4 Å². The highest BCUT2D eigenvalue weighted by Gasteiger charge is 2.19. The summed E-state index contributed by atoms with van der Waals surface area (Å²) in [5, 5.41) is 0. The number of amides is 1. The van der Waals surface area contributed by atoms with Gasteiger partial charge < -0.3 is 9.64 Å². The molecule has 0 unspecified atom stereocenters. The molecule has 0 saturated carbocycles. The molecule has 7 heteroatoms. The smallest absolute Gasteiger partial charge is 0.240 e. The quantitative estimate of drug-likeness (QED) is 0.751. The van der Waals surface area contributed by atoms with Crippen LogP contribution in [0.25, 0.3) is 0 Å². The summed E-state index contributed by atoms with van der Waals surface area (Å²) in [5.41, 5.74) is 1.48. The van der Waals surface area contributed by atoms with E-state index >= 15 is 0 Å². The van der Waals surface area contributed by atoms with Gasteiger partial charge in [0.2, 0.25) is 15.9 Å². The van der Waals surface area contributed by atoms with E-state index in [4.69, 9.17) is 4.74 Å². The molecule has 0 saturated heterocycles. The second-order valence-electron chi connectivity index (χ2n) is 6.52. The molecule has 0 aliphatic heterocycles. The lowest BCUT2D eigenvalue weighted by molar-refractivity contribution is -0.116. The fourth-order valence-corrected chi connectivity index (χ4v) is 3.76. The van der Waals surface area contributed by atoms with Gasteiger partial charge in [-0.15, -0.1) is 0 Å². The molecule has 0 heterocycles. The Bertz CT molecular complexity index is 894. The average molecular weight is 391 g/mol. The number of para-hydroxylation sites is 2. The van der Waals surface area contributed by atoms with Crippen molar-refractivity contribution >= 4 is 21.6 Å². The van der Waals surface area contributed by atoms with Crippen molar-refractivity contribution in [1.29, 1.82) is 0 Å². The maximum atomic E-state index is 12.4. The van der Waals surface area contributed by atoms with E-state index in [2.05, 4.69) is 4.72 Å². The van der Waals surface area contributed by atoms with Gasteiger partial charge in [-0.2, -0.15) is 0 Å². The molecule has 0 aromatic heterocycles. The Kier molecular flexibility index (Phi) is 6.98. The summed E-state index contributed by atoms with van der Waals surface area (Å²) < 4.78 is 33.2. The Hall–Kier alpha value is -2.38. The molecule has 1 amide bonds. The Morgan fingerprint density at radius 1 is 1.15 bits per heavy atom. The maximum absolute atomic E-state index is 12.4. The number of hydrogen-bond donors (Lipinski definition) is 1. The van der Waals surface area contributed by atoms with E-state index < -0.39 is 10.0 Å². The SMILES string of the molecule is CC(=O)N(CCNS(=O)(=O)c1cccc(C)c1)c1ccccc1OC(C)C. The first-order valence-electron chi connectivity index (χ1n) is 8.81. The van der Waals surface area contributed by atoms with Crippen molar-refractivity contribution in [2.75, 3.05) is 18.0 Å². The Morgan fingerprint density at radius 3 is 2.48 bits per heavy atom. The van der Waals surface area contributed by atoms with Crippen LogP contribution in [0.5, 0.6) is 5.75 Å². The molecule has 1 N–H and O–H groups in total. The summed E-state index contributed by atoms with van der Waals surface area (Å²) in [5.74, 6) is 0.397. The molecule has 2 aromatic carbocycles. The molecule has 0 aliphatic rings. The van der Waals surface area contributed by atoms with Gasteiger partial charge in [0.1, 0.15) is 5.75 Å². The largest absolute Gasteiger partial charge is 0.489 e. The highest BCUT2D eigenvalue weighted by Crippen LogP contribution is 2.29. The predicted octanol–water partition coefficient (Wildman–Crippen LogP) is 3.11. The fraction of sp³-hybridized carbons (Fsp3) is 0.350. The molecule has 0 atom stereocenters. The van der Waals surface area contributed by atoms with Crippen molar-refractivity contribution in [3.63, 3.8) is 0 Å². The van der Waals surface area contributed by atoms with Crippen molar-refractivity contribution in [3.8, 4) is 5.75 Å². The summed E-state index contributed by atoms with van der Waals surface area (Å²) in [6, 6.07) is 13.9. The Labute approximate surface area is 161 Å². The molecular weight excluding hydrogens is 364 g/mol. The van der Waals surface area contributed by atoms with Crippen LogP contribution in [0.3, 0.4) is 0 Å². The summed E-state index contributed by atoms with van der Waals surface area (Å²) >= 11 is 0. The standard InChI is InChI=1S/C20H26N2O4S/c1-15(2)26-20-11-6-5-10-19(20)22(17(4)23)13-12-21-27(24,25)18-9-7-8-16(3)14-18/h5-11,14-15,21H,12-13H2,1-4H3. The number of ether oxygens (including phenoxy) is 1. The normalized spacial score (nSPS) is 11.4. The number of rotatable bonds is 8. The first kappa shape index (κ1) is 20.9. The zero-order chi connectivity index (χ0) is 20.0. The molecule has 6 nitrogen and oxygen atoms in total. The monoisotopic (exact) mass is 390 g/mol. The Balaban J connectivity index is 2.13. The predicted molar refractivity (Wildman–Crippen MR) is 107 cm³/mol. The Morgan fingerprint density at radius 2 is 1.85 bits per heavy atom. The number of carbonyl (C=O) groups is 1. The van der Waals surface area contributed by atoms with Gasteiger partial charge in [0, 0.05) is 20.0 Å². The molecular formula is C20H26N2O4S. The van der Waals surface area contributed by atoms with Crippen molar-refractivity contribution in [1.82, 2.24) is 4.72 Å². The molecule has 0 fully saturated rings. The van der Waals surface area contributed by atoms with Gasteiger partial charge in [-0.25, -0.2) is 13.1 Å². The number of carbonyl (C=O) groups excluding carboxylic acids is 1. The van der Waals surface area contributed by atoms with Crippen molar-refractivity contribution in [3.05, 3.63) is 54.1 Å². The first-order chi connectivity index (χ1) is 12.7. The van der Waals surface area contributed by atoms with Gasteiger partial charge >= 0.3 is 0 Å². The van der Waals surface area contributed by atoms with Crippen LogP contribution >= 0.6 is 0 Å². The second-order valence-corrected chi connectivity index (χ2v) is 8.29. The van der Waals surface area contributed by atoms with Gasteiger partial charge in [0.15, 0.2) is 0 Å². The number of aryl methyl sites for hydroxylation is 1. The fourth-order valence-electron chi connectivity index (χ4n) is 2.64. The van der Waals surface area contributed by atoms with Crippen LogP contribution in [-0.2, 0) is 14.8 Å². The second kappa shape index (κ2) is 9.01. The van der Waals surface area contributed by atoms with Crippen LogP contribution in [0.1, 0.15) is 26.3 Å². The number of sulfonamides is 1. The van der Waals surface area contributed by atoms with Crippen molar-refractivity contribution < 1.29 is 17.9 Å². The summed E-state index contributed by atoms with van der Waals surface area (Å²) in [4.78, 5) is 13.9. The topological polar surface area (TPSA) is 75.7 Å². The molecule has 0 aliphatic carbocycles. The van der Waals surface area contributed by atoms with Crippen LogP contribution in [0.4, 0.5) is 5.69 Å². The number of nitrogens with zero attached hydrogens (tertiary/aromatic N) is 1. The molecule has 27 heavy (non-hydrogen) atoms. The van der Waals surface area contributed by atoms with Gasteiger partial charge in [-0.05, 0) is 50.6 Å². The number of nitrogens with one attached hydrogen (secondary N) is 1. The third kappa shape index (κ3) is 5.80. The highest BCUT2D eigenvalue weighted by molar-refractivity contribution is 7.89. The van der Waals surface area contributed by atoms with E-state index in [1.807, 2.05) is 39.0 Å². The van der Waals surface area contributed by atoms with Crippen molar-refractivity contribution in [2.45, 2.75) is 38.7 Å². The van der Waals surface area contributed by atoms with Crippen LogP contribution in [0.2, 0.25) is 0 Å². The van der Waals surface area contributed by atoms with Crippen LogP contribution < -0.4 is 14.4 Å². The maximum Gasteiger partial charge on any atom is 0.240 e. The van der Waals surface area contributed by atoms with Gasteiger partial charge in [0.25, 0.3) is 0 Å². The van der Waals surface area contributed by atoms with E-state index in [0.717, 1.165) is 5.56 Å². The summed E-state index contributed by atoms with van der Waals surface area (Å²) in [7, 11) is -3.63. The lowest BCUT2D eigenvalue weighted by Crippen LogP contribution is -2.37. The molecule has 146 valence electrons. The third-order valence-corrected chi connectivity index (χ3v) is 5.28. The van der Waals surface area contributed by atoms with Crippen LogP contribution in [0, 0.1) is 6.92 Å². The summed E-state index contributed by atoms with van der Waals surface area (Å²) in [6.45, 7) is 7.38. The molecule has 2 rings (SSSR count). The zero-order valence-electron chi connectivity index (χ0n) is 16.1. The highest BCUT2D eigenvalue weighted by atomic mass is 32.2. The minimum absolute atomic E-state index is 0.0419. The number of benzene rings is 2. The minimum Gasteiger partial charge on any atom is -0.489 e. The van der Waals surface area contributed by atoms with Crippen molar-refractivity contribution in [2.24, 2.45) is 0 Å². The van der Waals surface area contributed by atoms with Gasteiger partial charge in [-0.3, -0.25) is 4.79 Å². The number of anilines is 1. The lowest BCUT2D eigenvalue weighted by atomic mass is 10.2. The van der Waals surface area contributed by atoms with Gasteiger partial charge in [0.05, 0.1) is 16.7 Å². The molecule has 2 aromatic rings. The summed E-state index contributed by atoms with van der Waals surface area (Å²) in [6.07, 6.45) is -0.0419. The lowest BCUT2D eigenvalue weighted by Gasteiger charge is -2.24. The van der Waals surface area contributed by atoms with Crippen LogP contribution in [0.15, 0.2) is 53.4 Å². The average Bonchev–Trinajstić information content (AvgIpc) is 2.59. The van der Waals surface area contributed by atoms with E-state index in [1.54, 1.807) is 30.3 Å². The zero-order valence-corrected chi connectivity index (χ0v) is 16.9. The number of hydrogen-bond acceptors (Lipinski definition) is 4. The van der Waals surface area contributed by atoms with E-state index in [-0.39, 0.29) is 30.0 Å². The van der Waals surface area contributed by atoms with Crippen LogP contribution in [-0.4, -0.2) is 33.5 Å². The minimum atomic E-state index is -3.63. The van der Waals surface area contributed by atoms with Gasteiger partial charge in [-0.1, -0.05) is 24.3 Å². The molecule has 0 bridgehead atoms. The molecule has 0 radical (unpaired) electrons. The first-order valence-corrected chi connectivity index (χ1v) is 10.3. The van der Waals surface area contributed by atoms with E-state index in [9.17, 15) is 13.2 Å². The van der Waals surface area contributed by atoms with E-state index in [1.165, 1.54) is 11.8 Å². The molecule has 0 spiro atoms. The third-order valence-electron chi connectivity index (χ3n) is 3.83.